The Kier molecular flexibility index (Phi) is 4.65. The molecule has 2 nitrogen and oxygen atoms in total. The molecule has 0 saturated carbocycles. The summed E-state index contributed by atoms with van der Waals surface area (Å²) in [6.45, 7) is 1.21. The number of halogens is 2. The number of alkyl halides is 2. The van der Waals surface area contributed by atoms with Crippen LogP contribution in [0.1, 0.15) is 18.5 Å². The summed E-state index contributed by atoms with van der Waals surface area (Å²) in [6.07, 6.45) is -2.43. The molecule has 0 aliphatic rings. The second-order valence-corrected chi connectivity index (χ2v) is 3.44. The van der Waals surface area contributed by atoms with Gasteiger partial charge in [-0.2, -0.15) is 0 Å². The van der Waals surface area contributed by atoms with Crippen molar-refractivity contribution in [3.05, 3.63) is 35.9 Å². The van der Waals surface area contributed by atoms with Crippen LogP contribution < -0.4 is 5.32 Å². The molecule has 15 heavy (non-hydrogen) atoms. The SMILES string of the molecule is CC(N[C@@H](CO)c1ccccc1)C(F)F. The highest BCUT2D eigenvalue weighted by Crippen LogP contribution is 2.14. The van der Waals surface area contributed by atoms with Crippen molar-refractivity contribution in [1.82, 2.24) is 5.32 Å². The van der Waals surface area contributed by atoms with Crippen LogP contribution >= 0.6 is 0 Å². The number of nitrogens with one attached hydrogen (secondary N) is 1. The lowest BCUT2D eigenvalue weighted by atomic mass is 10.1. The van der Waals surface area contributed by atoms with E-state index in [1.165, 1.54) is 6.92 Å². The number of hydrogen-bond acceptors (Lipinski definition) is 2. The Hall–Kier alpha value is -1.00. The Morgan fingerprint density at radius 3 is 2.33 bits per heavy atom. The molecule has 2 atom stereocenters. The maximum atomic E-state index is 12.3. The van der Waals surface area contributed by atoms with E-state index in [9.17, 15) is 8.78 Å². The van der Waals surface area contributed by atoms with Crippen molar-refractivity contribution in [2.24, 2.45) is 0 Å². The van der Waals surface area contributed by atoms with E-state index < -0.39 is 18.5 Å². The summed E-state index contributed by atoms with van der Waals surface area (Å²) in [5.41, 5.74) is 0.813. The molecular formula is C11H15F2NO. The van der Waals surface area contributed by atoms with Gasteiger partial charge in [0.2, 0.25) is 0 Å². The summed E-state index contributed by atoms with van der Waals surface area (Å²) in [5.74, 6) is 0. The Balaban J connectivity index is 2.65. The van der Waals surface area contributed by atoms with Crippen LogP contribution in [0.5, 0.6) is 0 Å². The van der Waals surface area contributed by atoms with Crippen LogP contribution in [0.2, 0.25) is 0 Å². The van der Waals surface area contributed by atoms with Crippen LogP contribution in [0.25, 0.3) is 0 Å². The molecule has 1 aromatic rings. The number of hydrogen-bond donors (Lipinski definition) is 2. The molecule has 0 aliphatic heterocycles. The van der Waals surface area contributed by atoms with Gasteiger partial charge in [-0.25, -0.2) is 8.78 Å². The van der Waals surface area contributed by atoms with Gasteiger partial charge in [-0.1, -0.05) is 30.3 Å². The number of aliphatic hydroxyl groups is 1. The molecule has 0 amide bonds. The largest absolute Gasteiger partial charge is 0.394 e. The lowest BCUT2D eigenvalue weighted by Crippen LogP contribution is -2.37. The second-order valence-electron chi connectivity index (χ2n) is 3.44. The minimum atomic E-state index is -2.43. The highest BCUT2D eigenvalue weighted by molar-refractivity contribution is 5.19. The molecular weight excluding hydrogens is 200 g/mol. The quantitative estimate of drug-likeness (QED) is 0.787. The molecule has 84 valence electrons. The molecule has 1 unspecified atom stereocenters. The molecule has 1 rings (SSSR count). The second kappa shape index (κ2) is 5.78. The van der Waals surface area contributed by atoms with Gasteiger partial charge >= 0.3 is 0 Å². The van der Waals surface area contributed by atoms with Gasteiger partial charge in [-0.15, -0.1) is 0 Å². The van der Waals surface area contributed by atoms with Gasteiger partial charge in [0.15, 0.2) is 0 Å². The molecule has 0 radical (unpaired) electrons. The zero-order valence-electron chi connectivity index (χ0n) is 8.53. The summed E-state index contributed by atoms with van der Waals surface area (Å²) in [5, 5.41) is 11.8. The van der Waals surface area contributed by atoms with Crippen molar-refractivity contribution in [3.8, 4) is 0 Å². The average Bonchev–Trinajstić information content (AvgIpc) is 2.26. The van der Waals surface area contributed by atoms with E-state index in [2.05, 4.69) is 5.32 Å². The molecule has 1 aromatic carbocycles. The van der Waals surface area contributed by atoms with Crippen molar-refractivity contribution in [2.45, 2.75) is 25.4 Å². The van der Waals surface area contributed by atoms with Crippen molar-refractivity contribution < 1.29 is 13.9 Å². The molecule has 0 heterocycles. The van der Waals surface area contributed by atoms with E-state index in [1.807, 2.05) is 18.2 Å². The average molecular weight is 215 g/mol. The first-order valence-electron chi connectivity index (χ1n) is 4.85. The lowest BCUT2D eigenvalue weighted by Gasteiger charge is -2.21. The van der Waals surface area contributed by atoms with Crippen LogP contribution in [0.4, 0.5) is 8.78 Å². The fraction of sp³-hybridized carbons (Fsp3) is 0.455. The Labute approximate surface area is 87.9 Å². The third kappa shape index (κ3) is 3.57. The van der Waals surface area contributed by atoms with Gasteiger partial charge in [-0.3, -0.25) is 0 Å². The summed E-state index contributed by atoms with van der Waals surface area (Å²) < 4.78 is 24.6. The molecule has 0 bridgehead atoms. The van der Waals surface area contributed by atoms with Crippen LogP contribution in [0.3, 0.4) is 0 Å². The number of aliphatic hydroxyl groups excluding tert-OH is 1. The highest BCUT2D eigenvalue weighted by Gasteiger charge is 2.19. The highest BCUT2D eigenvalue weighted by atomic mass is 19.3. The number of benzene rings is 1. The summed E-state index contributed by atoms with van der Waals surface area (Å²) >= 11 is 0. The fourth-order valence-corrected chi connectivity index (χ4v) is 1.33. The van der Waals surface area contributed by atoms with E-state index in [-0.39, 0.29) is 6.61 Å². The third-order valence-electron chi connectivity index (χ3n) is 2.23. The van der Waals surface area contributed by atoms with Crippen molar-refractivity contribution in [2.75, 3.05) is 6.61 Å². The lowest BCUT2D eigenvalue weighted by molar-refractivity contribution is 0.0927. The van der Waals surface area contributed by atoms with Crippen molar-refractivity contribution >= 4 is 0 Å². The van der Waals surface area contributed by atoms with E-state index in [4.69, 9.17) is 5.11 Å². The zero-order valence-corrected chi connectivity index (χ0v) is 8.53. The molecule has 0 saturated heterocycles. The first-order valence-corrected chi connectivity index (χ1v) is 4.85. The normalized spacial score (nSPS) is 15.3. The standard InChI is InChI=1S/C11H15F2NO/c1-8(11(12)13)14-10(7-15)9-5-3-2-4-6-9/h2-6,8,10-11,14-15H,7H2,1H3/t8?,10-/m0/s1. The first-order chi connectivity index (χ1) is 7.15. The summed E-state index contributed by atoms with van der Waals surface area (Å²) in [6, 6.07) is 7.70. The Morgan fingerprint density at radius 1 is 1.27 bits per heavy atom. The van der Waals surface area contributed by atoms with E-state index in [0.29, 0.717) is 0 Å². The molecule has 0 aliphatic carbocycles. The van der Waals surface area contributed by atoms with E-state index in [1.54, 1.807) is 12.1 Å². The Bertz CT molecular complexity index is 279. The fourth-order valence-electron chi connectivity index (χ4n) is 1.33. The van der Waals surface area contributed by atoms with Gasteiger partial charge in [0.1, 0.15) is 0 Å². The molecule has 4 heteroatoms. The number of rotatable bonds is 5. The van der Waals surface area contributed by atoms with E-state index in [0.717, 1.165) is 5.56 Å². The summed E-state index contributed by atoms with van der Waals surface area (Å²) in [4.78, 5) is 0. The van der Waals surface area contributed by atoms with Gasteiger partial charge in [-0.05, 0) is 12.5 Å². The predicted molar refractivity (Wildman–Crippen MR) is 54.9 cm³/mol. The minimum Gasteiger partial charge on any atom is -0.394 e. The van der Waals surface area contributed by atoms with Crippen molar-refractivity contribution in [1.29, 1.82) is 0 Å². The third-order valence-corrected chi connectivity index (χ3v) is 2.23. The Morgan fingerprint density at radius 2 is 1.87 bits per heavy atom. The monoisotopic (exact) mass is 215 g/mol. The molecule has 0 fully saturated rings. The molecule has 2 N–H and O–H groups in total. The van der Waals surface area contributed by atoms with Gasteiger partial charge < -0.3 is 10.4 Å². The van der Waals surface area contributed by atoms with Crippen LogP contribution in [-0.4, -0.2) is 24.2 Å². The van der Waals surface area contributed by atoms with Gasteiger partial charge in [0, 0.05) is 0 Å². The maximum Gasteiger partial charge on any atom is 0.253 e. The van der Waals surface area contributed by atoms with Gasteiger partial charge in [0.05, 0.1) is 18.7 Å². The molecule has 0 aromatic heterocycles. The molecule has 0 spiro atoms. The predicted octanol–water partition coefficient (Wildman–Crippen LogP) is 1.96. The zero-order chi connectivity index (χ0) is 11.3. The van der Waals surface area contributed by atoms with Crippen LogP contribution in [0, 0.1) is 0 Å². The minimum absolute atomic E-state index is 0.193. The van der Waals surface area contributed by atoms with Crippen LogP contribution in [-0.2, 0) is 0 Å². The van der Waals surface area contributed by atoms with Crippen LogP contribution in [0.15, 0.2) is 30.3 Å². The van der Waals surface area contributed by atoms with E-state index >= 15 is 0 Å². The van der Waals surface area contributed by atoms with Crippen molar-refractivity contribution in [3.63, 3.8) is 0 Å². The topological polar surface area (TPSA) is 32.3 Å². The maximum absolute atomic E-state index is 12.3. The van der Waals surface area contributed by atoms with Gasteiger partial charge in [0.25, 0.3) is 6.43 Å². The first kappa shape index (κ1) is 12.1. The smallest absolute Gasteiger partial charge is 0.253 e. The summed E-state index contributed by atoms with van der Waals surface area (Å²) in [7, 11) is 0.